The highest BCUT2D eigenvalue weighted by molar-refractivity contribution is 7.22. The van der Waals surface area contributed by atoms with Gasteiger partial charge < -0.3 is 16.0 Å². The van der Waals surface area contributed by atoms with Gasteiger partial charge in [0.05, 0.1) is 16.5 Å². The van der Waals surface area contributed by atoms with Crippen molar-refractivity contribution in [3.05, 3.63) is 28.1 Å². The number of hydrogen-bond acceptors (Lipinski definition) is 6. The maximum absolute atomic E-state index is 12.9. The Labute approximate surface area is 179 Å². The van der Waals surface area contributed by atoms with E-state index < -0.39 is 0 Å². The number of thiazole rings is 1. The van der Waals surface area contributed by atoms with Crippen molar-refractivity contribution in [3.8, 4) is 9.88 Å². The molecule has 2 amide bonds. The van der Waals surface area contributed by atoms with Gasteiger partial charge in [0.25, 0.3) is 5.91 Å². The van der Waals surface area contributed by atoms with Gasteiger partial charge in [-0.15, -0.1) is 47.5 Å². The van der Waals surface area contributed by atoms with Gasteiger partial charge in [-0.2, -0.15) is 0 Å². The molecule has 1 atom stereocenters. The predicted octanol–water partition coefficient (Wildman–Crippen LogP) is 2.95. The average Bonchev–Trinajstić information content (AvgIpc) is 3.28. The van der Waals surface area contributed by atoms with Gasteiger partial charge in [0.1, 0.15) is 9.88 Å². The monoisotopic (exact) mass is 450 g/mol. The third-order valence-electron chi connectivity index (χ3n) is 4.25. The van der Waals surface area contributed by atoms with Crippen LogP contribution in [0.1, 0.15) is 28.2 Å². The lowest BCUT2D eigenvalue weighted by atomic mass is 9.97. The summed E-state index contributed by atoms with van der Waals surface area (Å²) in [4.78, 5) is 33.2. The molecule has 0 bridgehead atoms. The highest BCUT2D eigenvalue weighted by atomic mass is 35.5. The molecule has 10 heteroatoms. The molecule has 2 aromatic heterocycles. The molecule has 3 rings (SSSR count). The number of nitrogens with two attached hydrogens (primary N) is 1. The minimum Gasteiger partial charge on any atom is -0.355 e. The van der Waals surface area contributed by atoms with Crippen molar-refractivity contribution in [1.29, 1.82) is 0 Å². The van der Waals surface area contributed by atoms with E-state index in [1.807, 2.05) is 24.4 Å². The van der Waals surface area contributed by atoms with Crippen molar-refractivity contribution in [2.24, 2.45) is 11.7 Å². The molecule has 0 spiro atoms. The van der Waals surface area contributed by atoms with Gasteiger partial charge in [-0.25, -0.2) is 4.98 Å². The van der Waals surface area contributed by atoms with E-state index in [1.54, 1.807) is 16.2 Å². The van der Waals surface area contributed by atoms with E-state index in [9.17, 15) is 9.59 Å². The van der Waals surface area contributed by atoms with Crippen LogP contribution in [-0.2, 0) is 4.79 Å². The van der Waals surface area contributed by atoms with Crippen LogP contribution in [0.15, 0.2) is 17.5 Å². The second-order valence-corrected chi connectivity index (χ2v) is 8.03. The first-order valence-electron chi connectivity index (χ1n) is 8.38. The first-order valence-corrected chi connectivity index (χ1v) is 10.1. The number of piperidine rings is 1. The largest absolute Gasteiger partial charge is 0.355 e. The Bertz CT molecular complexity index is 752. The number of likely N-dealkylation sites (tertiary alicyclic amines) is 1. The molecule has 1 aliphatic heterocycles. The number of thiophene rings is 1. The lowest BCUT2D eigenvalue weighted by Gasteiger charge is -2.31. The summed E-state index contributed by atoms with van der Waals surface area (Å²) >= 11 is 3.05. The zero-order chi connectivity index (χ0) is 17.8. The van der Waals surface area contributed by atoms with Crippen molar-refractivity contribution in [2.75, 3.05) is 26.2 Å². The fraction of sp³-hybridized carbons (Fsp3) is 0.471. The maximum Gasteiger partial charge on any atom is 0.265 e. The van der Waals surface area contributed by atoms with Crippen molar-refractivity contribution in [2.45, 2.75) is 19.8 Å². The van der Waals surface area contributed by atoms with Crippen LogP contribution in [0, 0.1) is 12.8 Å². The molecule has 3 N–H and O–H groups in total. The summed E-state index contributed by atoms with van der Waals surface area (Å²) < 4.78 is 0. The van der Waals surface area contributed by atoms with Gasteiger partial charge in [-0.1, -0.05) is 6.07 Å². The van der Waals surface area contributed by atoms with Crippen LogP contribution in [0.5, 0.6) is 0 Å². The fourth-order valence-electron chi connectivity index (χ4n) is 2.96. The number of rotatable bonds is 5. The Morgan fingerprint density at radius 2 is 2.19 bits per heavy atom. The van der Waals surface area contributed by atoms with E-state index in [1.165, 1.54) is 11.3 Å². The molecular formula is C17H24Cl2N4O2S2. The van der Waals surface area contributed by atoms with Gasteiger partial charge in [0.15, 0.2) is 0 Å². The summed E-state index contributed by atoms with van der Waals surface area (Å²) in [5, 5.41) is 5.71. The number of nitrogens with one attached hydrogen (secondary N) is 1. The molecule has 27 heavy (non-hydrogen) atoms. The summed E-state index contributed by atoms with van der Waals surface area (Å²) in [5.74, 6) is -0.188. The first-order chi connectivity index (χ1) is 12.1. The van der Waals surface area contributed by atoms with Gasteiger partial charge >= 0.3 is 0 Å². The van der Waals surface area contributed by atoms with E-state index in [0.717, 1.165) is 28.4 Å². The standard InChI is InChI=1S/C17H22N4O2S2.2ClH/c1-11-14(25-16(20-11)13-5-3-9-24-13)17(23)21-8-2-4-12(10-21)15(22)19-7-6-18;;/h3,5,9,12H,2,4,6-8,10,18H2,1H3,(H,19,22);2*1H. The van der Waals surface area contributed by atoms with E-state index in [2.05, 4.69) is 10.3 Å². The predicted molar refractivity (Wildman–Crippen MR) is 115 cm³/mol. The Hall–Kier alpha value is -1.19. The third kappa shape index (κ3) is 5.65. The molecule has 1 unspecified atom stereocenters. The number of hydrogen-bond donors (Lipinski definition) is 2. The van der Waals surface area contributed by atoms with E-state index >= 15 is 0 Å². The topological polar surface area (TPSA) is 88.3 Å². The molecular weight excluding hydrogens is 427 g/mol. The Morgan fingerprint density at radius 3 is 2.85 bits per heavy atom. The molecule has 0 aromatic carbocycles. The number of nitrogens with zero attached hydrogens (tertiary/aromatic N) is 2. The minimum absolute atomic E-state index is 0. The summed E-state index contributed by atoms with van der Waals surface area (Å²) in [6.45, 7) is 3.91. The third-order valence-corrected chi connectivity index (χ3v) is 6.43. The number of aromatic nitrogens is 1. The fourth-order valence-corrected chi connectivity index (χ4v) is 4.79. The van der Waals surface area contributed by atoms with Crippen LogP contribution in [0.25, 0.3) is 9.88 Å². The molecule has 2 aromatic rings. The second-order valence-electron chi connectivity index (χ2n) is 6.08. The summed E-state index contributed by atoms with van der Waals surface area (Å²) in [7, 11) is 0. The number of carbonyl (C=O) groups excluding carboxylic acids is 2. The SMILES string of the molecule is Cc1nc(-c2cccs2)sc1C(=O)N1CCCC(C(=O)NCCN)C1.Cl.Cl. The zero-order valence-corrected chi connectivity index (χ0v) is 18.2. The molecule has 1 saturated heterocycles. The molecule has 0 aliphatic carbocycles. The molecule has 6 nitrogen and oxygen atoms in total. The highest BCUT2D eigenvalue weighted by Gasteiger charge is 2.30. The van der Waals surface area contributed by atoms with E-state index in [0.29, 0.717) is 31.1 Å². The molecule has 150 valence electrons. The van der Waals surface area contributed by atoms with Crippen molar-refractivity contribution in [3.63, 3.8) is 0 Å². The summed E-state index contributed by atoms with van der Waals surface area (Å²) in [5.41, 5.74) is 6.19. The van der Waals surface area contributed by atoms with Crippen LogP contribution >= 0.6 is 47.5 Å². The first kappa shape index (κ1) is 23.8. The van der Waals surface area contributed by atoms with Crippen LogP contribution in [0.2, 0.25) is 0 Å². The quantitative estimate of drug-likeness (QED) is 0.732. The molecule has 1 fully saturated rings. The minimum atomic E-state index is -0.158. The Morgan fingerprint density at radius 1 is 1.41 bits per heavy atom. The number of carbonyl (C=O) groups is 2. The van der Waals surface area contributed by atoms with Gasteiger partial charge in [-0.05, 0) is 31.2 Å². The van der Waals surface area contributed by atoms with Crippen LogP contribution in [-0.4, -0.2) is 47.9 Å². The van der Waals surface area contributed by atoms with Gasteiger partial charge in [0, 0.05) is 26.2 Å². The number of halogens is 2. The van der Waals surface area contributed by atoms with Crippen LogP contribution in [0.3, 0.4) is 0 Å². The highest BCUT2D eigenvalue weighted by Crippen LogP contribution is 2.32. The van der Waals surface area contributed by atoms with E-state index in [-0.39, 0.29) is 42.5 Å². The summed E-state index contributed by atoms with van der Waals surface area (Å²) in [6, 6.07) is 3.99. The Balaban J connectivity index is 0.00000182. The van der Waals surface area contributed by atoms with Crippen molar-refractivity contribution < 1.29 is 9.59 Å². The zero-order valence-electron chi connectivity index (χ0n) is 15.0. The van der Waals surface area contributed by atoms with Gasteiger partial charge in [-0.3, -0.25) is 9.59 Å². The second kappa shape index (κ2) is 11.0. The molecule has 1 aliphatic rings. The van der Waals surface area contributed by atoms with Crippen molar-refractivity contribution >= 4 is 59.3 Å². The lowest BCUT2D eigenvalue weighted by Crippen LogP contribution is -2.46. The maximum atomic E-state index is 12.9. The lowest BCUT2D eigenvalue weighted by molar-refractivity contribution is -0.126. The van der Waals surface area contributed by atoms with E-state index in [4.69, 9.17) is 5.73 Å². The van der Waals surface area contributed by atoms with Crippen LogP contribution < -0.4 is 11.1 Å². The summed E-state index contributed by atoms with van der Waals surface area (Å²) in [6.07, 6.45) is 1.64. The normalized spacial score (nSPS) is 16.2. The molecule has 0 radical (unpaired) electrons. The Kier molecular flexibility index (Phi) is 9.69. The molecule has 0 saturated carbocycles. The van der Waals surface area contributed by atoms with Crippen LogP contribution in [0.4, 0.5) is 0 Å². The smallest absolute Gasteiger partial charge is 0.265 e. The number of aryl methyl sites for hydroxylation is 1. The molecule has 3 heterocycles. The average molecular weight is 451 g/mol. The number of amides is 2. The van der Waals surface area contributed by atoms with Crippen molar-refractivity contribution in [1.82, 2.24) is 15.2 Å². The van der Waals surface area contributed by atoms with Gasteiger partial charge in [0.2, 0.25) is 5.91 Å².